The zero-order chi connectivity index (χ0) is 30.0. The Hall–Kier alpha value is -3.23. The van der Waals surface area contributed by atoms with E-state index in [1.54, 1.807) is 20.8 Å². The molecular weight excluding hydrogens is 538 g/mol. The number of carbonyl (C=O) groups is 4. The molecule has 3 N–H and O–H groups in total. The van der Waals surface area contributed by atoms with Gasteiger partial charge in [0.2, 0.25) is 5.91 Å². The summed E-state index contributed by atoms with van der Waals surface area (Å²) in [6, 6.07) is 5.71. The van der Waals surface area contributed by atoms with Crippen LogP contribution >= 0.6 is 0 Å². The fourth-order valence-corrected chi connectivity index (χ4v) is 4.77. The summed E-state index contributed by atoms with van der Waals surface area (Å²) in [6.07, 6.45) is -6.56. The second-order valence-electron chi connectivity index (χ2n) is 9.57. The van der Waals surface area contributed by atoms with Crippen molar-refractivity contribution in [2.24, 2.45) is 11.3 Å². The van der Waals surface area contributed by atoms with Crippen LogP contribution in [0.2, 0.25) is 0 Å². The molecule has 13 nitrogen and oxygen atoms in total. The van der Waals surface area contributed by atoms with E-state index in [4.69, 9.17) is 18.4 Å². The van der Waals surface area contributed by atoms with Crippen molar-refractivity contribution in [2.45, 2.75) is 66.3 Å². The molecule has 0 spiro atoms. The molecule has 0 saturated carbocycles. The van der Waals surface area contributed by atoms with Gasteiger partial charge in [-0.05, 0) is 31.4 Å². The maximum atomic E-state index is 12.8. The van der Waals surface area contributed by atoms with Crippen molar-refractivity contribution in [3.05, 3.63) is 29.8 Å². The molecule has 0 bridgehead atoms. The Morgan fingerprint density at radius 3 is 2.26 bits per heavy atom. The molecule has 1 aromatic carbocycles. The lowest BCUT2D eigenvalue weighted by Gasteiger charge is -2.40. The van der Waals surface area contributed by atoms with E-state index < -0.39 is 63.6 Å². The number of esters is 1. The Labute approximate surface area is 227 Å². The Morgan fingerprint density at radius 2 is 1.72 bits per heavy atom. The lowest BCUT2D eigenvalue weighted by molar-refractivity contribution is -0.163. The van der Waals surface area contributed by atoms with Crippen molar-refractivity contribution in [1.82, 2.24) is 5.32 Å². The van der Waals surface area contributed by atoms with Crippen LogP contribution in [0.3, 0.4) is 0 Å². The van der Waals surface area contributed by atoms with Crippen LogP contribution in [-0.4, -0.2) is 79.8 Å². The van der Waals surface area contributed by atoms with Gasteiger partial charge >= 0.3 is 18.1 Å². The Bertz CT molecular complexity index is 1120. The number of carboxylic acid groups (broad SMARTS) is 1. The number of ether oxygens (including phenoxy) is 3. The van der Waals surface area contributed by atoms with Crippen molar-refractivity contribution >= 4 is 34.1 Å². The highest BCUT2D eigenvalue weighted by Crippen LogP contribution is 2.36. The van der Waals surface area contributed by atoms with E-state index in [0.717, 1.165) is 0 Å². The molecule has 1 amide bonds. The van der Waals surface area contributed by atoms with E-state index in [9.17, 15) is 37.8 Å². The van der Waals surface area contributed by atoms with Crippen molar-refractivity contribution in [1.29, 1.82) is 0 Å². The van der Waals surface area contributed by atoms with Gasteiger partial charge in [-0.1, -0.05) is 39.8 Å². The van der Waals surface area contributed by atoms with Gasteiger partial charge in [-0.3, -0.25) is 8.98 Å². The molecule has 0 aliphatic heterocycles. The first-order chi connectivity index (χ1) is 18.0. The fraction of sp³-hybridized carbons (Fsp3) is 0.600. The zero-order valence-corrected chi connectivity index (χ0v) is 23.6. The fourth-order valence-electron chi connectivity index (χ4n) is 3.50. The van der Waals surface area contributed by atoms with E-state index in [1.807, 2.05) is 0 Å². The molecule has 220 valence electrons. The zero-order valence-electron chi connectivity index (χ0n) is 22.8. The monoisotopic (exact) mass is 575 g/mol. The SMILES string of the molecule is CCOC(=O)c1ccccc1OC(=O)OC(C(C)C)C(OS(=O)(=O)CCCNC(C)=O)C(C)(C)[C@@H](O)C(=O)O. The van der Waals surface area contributed by atoms with Crippen LogP contribution in [0.5, 0.6) is 5.75 Å². The summed E-state index contributed by atoms with van der Waals surface area (Å²) >= 11 is 0. The maximum absolute atomic E-state index is 12.8. The number of nitrogens with one attached hydrogen (secondary N) is 1. The van der Waals surface area contributed by atoms with E-state index in [1.165, 1.54) is 45.0 Å². The molecule has 0 heterocycles. The number of aliphatic hydroxyl groups excluding tert-OH is 1. The lowest BCUT2D eigenvalue weighted by Crippen LogP contribution is -2.54. The smallest absolute Gasteiger partial charge is 0.479 e. The third-order valence-corrected chi connectivity index (χ3v) is 6.92. The summed E-state index contributed by atoms with van der Waals surface area (Å²) in [4.78, 5) is 47.7. The van der Waals surface area contributed by atoms with E-state index in [-0.39, 0.29) is 36.8 Å². The molecule has 0 radical (unpaired) electrons. The van der Waals surface area contributed by atoms with Crippen molar-refractivity contribution in [3.8, 4) is 5.75 Å². The molecule has 39 heavy (non-hydrogen) atoms. The maximum Gasteiger partial charge on any atom is 0.514 e. The normalized spacial score (nSPS) is 14.2. The summed E-state index contributed by atoms with van der Waals surface area (Å²) < 4.78 is 46.6. The largest absolute Gasteiger partial charge is 0.514 e. The molecule has 3 atom stereocenters. The summed E-state index contributed by atoms with van der Waals surface area (Å²) in [5, 5.41) is 22.3. The number of amides is 1. The van der Waals surface area contributed by atoms with Gasteiger partial charge < -0.3 is 29.7 Å². The Balaban J connectivity index is 3.31. The summed E-state index contributed by atoms with van der Waals surface area (Å²) in [5.41, 5.74) is -1.86. The van der Waals surface area contributed by atoms with Gasteiger partial charge in [0, 0.05) is 18.9 Å². The van der Waals surface area contributed by atoms with Crippen LogP contribution in [0.25, 0.3) is 0 Å². The first kappa shape index (κ1) is 33.8. The third-order valence-electron chi connectivity index (χ3n) is 5.63. The van der Waals surface area contributed by atoms with Crippen LogP contribution in [0.15, 0.2) is 24.3 Å². The molecule has 0 aliphatic carbocycles. The van der Waals surface area contributed by atoms with E-state index >= 15 is 0 Å². The van der Waals surface area contributed by atoms with Crippen molar-refractivity contribution in [2.75, 3.05) is 18.9 Å². The standard InChI is InChI=1S/C25H37NO12S/c1-7-35-23(31)17-11-8-9-12-18(17)36-24(32)37-19(15(2)3)21(25(5,6)20(28)22(29)30)38-39(33,34)14-10-13-26-16(4)27/h8-9,11-12,15,19-21,28H,7,10,13-14H2,1-6H3,(H,26,27)(H,29,30)/t19?,20-,21?/m0/s1. The summed E-state index contributed by atoms with van der Waals surface area (Å²) in [5.74, 6) is -4.14. The van der Waals surface area contributed by atoms with Crippen LogP contribution < -0.4 is 10.1 Å². The second kappa shape index (κ2) is 14.8. The highest BCUT2D eigenvalue weighted by molar-refractivity contribution is 7.86. The van der Waals surface area contributed by atoms with Crippen molar-refractivity contribution in [3.63, 3.8) is 0 Å². The minimum atomic E-state index is -4.37. The predicted octanol–water partition coefficient (Wildman–Crippen LogP) is 2.12. The lowest BCUT2D eigenvalue weighted by atomic mass is 9.76. The molecular formula is C25H37NO12S. The second-order valence-corrected chi connectivity index (χ2v) is 11.3. The average molecular weight is 576 g/mol. The number of hydrogen-bond acceptors (Lipinski definition) is 11. The van der Waals surface area contributed by atoms with Gasteiger partial charge in [-0.25, -0.2) is 14.4 Å². The van der Waals surface area contributed by atoms with E-state index in [0.29, 0.717) is 0 Å². The number of para-hydroxylation sites is 1. The number of hydrogen-bond donors (Lipinski definition) is 3. The number of carbonyl (C=O) groups excluding carboxylic acids is 3. The van der Waals surface area contributed by atoms with Crippen LogP contribution in [0, 0.1) is 11.3 Å². The minimum Gasteiger partial charge on any atom is -0.479 e. The van der Waals surface area contributed by atoms with E-state index in [2.05, 4.69) is 5.32 Å². The molecule has 0 aromatic heterocycles. The van der Waals surface area contributed by atoms with Crippen LogP contribution in [0.1, 0.15) is 58.3 Å². The van der Waals surface area contributed by atoms with Crippen LogP contribution in [-0.2, 0) is 33.4 Å². The first-order valence-corrected chi connectivity index (χ1v) is 13.8. The molecule has 1 rings (SSSR count). The van der Waals surface area contributed by atoms with Gasteiger partial charge in [-0.2, -0.15) is 8.42 Å². The Morgan fingerprint density at radius 1 is 1.10 bits per heavy atom. The summed E-state index contributed by atoms with van der Waals surface area (Å²) in [6.45, 7) is 8.62. The average Bonchev–Trinajstić information content (AvgIpc) is 2.83. The molecule has 1 aromatic rings. The van der Waals surface area contributed by atoms with Crippen molar-refractivity contribution < 1.29 is 56.2 Å². The molecule has 0 fully saturated rings. The number of rotatable bonds is 15. The quantitative estimate of drug-likeness (QED) is 0.120. The van der Waals surface area contributed by atoms with Gasteiger partial charge in [0.05, 0.1) is 12.4 Å². The highest BCUT2D eigenvalue weighted by Gasteiger charge is 2.49. The first-order valence-electron chi connectivity index (χ1n) is 12.2. The molecule has 14 heteroatoms. The topological polar surface area (TPSA) is 192 Å². The number of aliphatic carboxylic acids is 1. The molecule has 0 aliphatic rings. The van der Waals surface area contributed by atoms with Gasteiger partial charge in [-0.15, -0.1) is 0 Å². The number of aliphatic hydroxyl groups is 1. The van der Waals surface area contributed by atoms with Gasteiger partial charge in [0.1, 0.15) is 23.5 Å². The number of carboxylic acids is 1. The molecule has 0 saturated heterocycles. The number of benzene rings is 1. The summed E-state index contributed by atoms with van der Waals surface area (Å²) in [7, 11) is -4.37. The third kappa shape index (κ3) is 10.5. The van der Waals surface area contributed by atoms with Crippen LogP contribution in [0.4, 0.5) is 4.79 Å². The highest BCUT2D eigenvalue weighted by atomic mass is 32.2. The Kier molecular flexibility index (Phi) is 12.8. The minimum absolute atomic E-state index is 0.0174. The molecule has 2 unspecified atom stereocenters. The predicted molar refractivity (Wildman–Crippen MR) is 138 cm³/mol. The van der Waals surface area contributed by atoms with Gasteiger partial charge in [0.15, 0.2) is 6.10 Å². The van der Waals surface area contributed by atoms with Gasteiger partial charge in [0.25, 0.3) is 10.1 Å².